The number of aromatic hydroxyl groups is 1. The topological polar surface area (TPSA) is 87.7 Å². The normalized spacial score (nSPS) is 10.3. The van der Waals surface area contributed by atoms with E-state index in [0.29, 0.717) is 27.9 Å². The molecular formula is C19H16N2O4. The quantitative estimate of drug-likeness (QED) is 0.641. The second-order valence-corrected chi connectivity index (χ2v) is 5.29. The van der Waals surface area contributed by atoms with Gasteiger partial charge in [-0.3, -0.25) is 9.59 Å². The smallest absolute Gasteiger partial charge is 0.314 e. The van der Waals surface area contributed by atoms with Crippen LogP contribution in [0, 0.1) is 0 Å². The highest BCUT2D eigenvalue weighted by Crippen LogP contribution is 2.30. The summed E-state index contributed by atoms with van der Waals surface area (Å²) in [4.78, 5) is 24.4. The monoisotopic (exact) mass is 336 g/mol. The van der Waals surface area contributed by atoms with Gasteiger partial charge in [-0.25, -0.2) is 0 Å². The molecule has 0 atom stereocenters. The average molecular weight is 336 g/mol. The lowest BCUT2D eigenvalue weighted by Gasteiger charge is -2.11. The third-order valence-electron chi connectivity index (χ3n) is 3.71. The van der Waals surface area contributed by atoms with E-state index in [4.69, 9.17) is 4.74 Å². The van der Waals surface area contributed by atoms with Gasteiger partial charge in [0, 0.05) is 16.5 Å². The Morgan fingerprint density at radius 2 is 1.40 bits per heavy atom. The maximum atomic E-state index is 12.2. The SMILES string of the molecule is COc1ccccc1NC(=O)C(=O)Nc1cccc2c(O)cccc12. The third kappa shape index (κ3) is 3.37. The first-order chi connectivity index (χ1) is 12.1. The fourth-order valence-corrected chi connectivity index (χ4v) is 2.51. The highest BCUT2D eigenvalue weighted by atomic mass is 16.5. The standard InChI is InChI=1S/C19H16N2O4/c1-25-17-11-3-2-8-15(17)21-19(24)18(23)20-14-9-4-7-13-12(14)6-5-10-16(13)22/h2-11,22H,1H3,(H,20,23)(H,21,24). The Labute approximate surface area is 144 Å². The van der Waals surface area contributed by atoms with Crippen LogP contribution in [0.3, 0.4) is 0 Å². The number of methoxy groups -OCH3 is 1. The summed E-state index contributed by atoms with van der Waals surface area (Å²) in [5.74, 6) is -1.07. The van der Waals surface area contributed by atoms with Gasteiger partial charge in [0.15, 0.2) is 0 Å². The number of ether oxygens (including phenoxy) is 1. The lowest BCUT2D eigenvalue weighted by molar-refractivity contribution is -0.132. The van der Waals surface area contributed by atoms with Gasteiger partial charge in [0.2, 0.25) is 0 Å². The van der Waals surface area contributed by atoms with E-state index in [1.54, 1.807) is 60.7 Å². The number of amides is 2. The van der Waals surface area contributed by atoms with E-state index in [9.17, 15) is 14.7 Å². The Hall–Kier alpha value is -3.54. The molecule has 0 aliphatic heterocycles. The second kappa shape index (κ2) is 6.92. The number of phenolic OH excluding ortho intramolecular Hbond substituents is 1. The van der Waals surface area contributed by atoms with Gasteiger partial charge in [0.1, 0.15) is 11.5 Å². The van der Waals surface area contributed by atoms with Crippen molar-refractivity contribution in [2.45, 2.75) is 0 Å². The fourth-order valence-electron chi connectivity index (χ4n) is 2.51. The molecule has 0 saturated heterocycles. The van der Waals surface area contributed by atoms with Crippen LogP contribution < -0.4 is 15.4 Å². The first-order valence-corrected chi connectivity index (χ1v) is 7.56. The molecule has 0 aliphatic rings. The molecular weight excluding hydrogens is 320 g/mol. The summed E-state index contributed by atoms with van der Waals surface area (Å²) in [6.07, 6.45) is 0. The van der Waals surface area contributed by atoms with Crippen molar-refractivity contribution in [1.82, 2.24) is 0 Å². The Bertz CT molecular complexity index is 953. The van der Waals surface area contributed by atoms with Gasteiger partial charge >= 0.3 is 11.8 Å². The molecule has 3 aromatic carbocycles. The predicted octanol–water partition coefficient (Wildman–Crippen LogP) is 3.13. The zero-order chi connectivity index (χ0) is 17.8. The number of nitrogens with one attached hydrogen (secondary N) is 2. The minimum absolute atomic E-state index is 0.104. The summed E-state index contributed by atoms with van der Waals surface area (Å²) in [5, 5.41) is 16.2. The van der Waals surface area contributed by atoms with Crippen molar-refractivity contribution >= 4 is 34.0 Å². The molecule has 0 spiro atoms. The molecule has 0 bridgehead atoms. The highest BCUT2D eigenvalue weighted by molar-refractivity contribution is 6.44. The van der Waals surface area contributed by atoms with E-state index >= 15 is 0 Å². The Balaban J connectivity index is 1.81. The summed E-state index contributed by atoms with van der Waals surface area (Å²) < 4.78 is 5.14. The molecule has 0 fully saturated rings. The zero-order valence-electron chi connectivity index (χ0n) is 13.4. The molecule has 0 heterocycles. The lowest BCUT2D eigenvalue weighted by atomic mass is 10.1. The van der Waals surface area contributed by atoms with Crippen molar-refractivity contribution in [1.29, 1.82) is 0 Å². The van der Waals surface area contributed by atoms with E-state index in [1.807, 2.05) is 0 Å². The highest BCUT2D eigenvalue weighted by Gasteiger charge is 2.17. The van der Waals surface area contributed by atoms with Crippen molar-refractivity contribution in [3.05, 3.63) is 60.7 Å². The minimum atomic E-state index is -0.818. The van der Waals surface area contributed by atoms with E-state index in [0.717, 1.165) is 0 Å². The molecule has 2 amide bonds. The van der Waals surface area contributed by atoms with Gasteiger partial charge in [-0.1, -0.05) is 36.4 Å². The summed E-state index contributed by atoms with van der Waals surface area (Å²) in [5.41, 5.74) is 0.842. The average Bonchev–Trinajstić information content (AvgIpc) is 2.63. The first-order valence-electron chi connectivity index (χ1n) is 7.56. The Morgan fingerprint density at radius 1 is 0.800 bits per heavy atom. The summed E-state index contributed by atoms with van der Waals surface area (Å²) in [7, 11) is 1.48. The number of carbonyl (C=O) groups excluding carboxylic acids is 2. The first kappa shape index (κ1) is 16.3. The molecule has 0 saturated carbocycles. The summed E-state index contributed by atoms with van der Waals surface area (Å²) in [6.45, 7) is 0. The second-order valence-electron chi connectivity index (χ2n) is 5.29. The van der Waals surface area contributed by atoms with Crippen LogP contribution in [0.5, 0.6) is 11.5 Å². The Kier molecular flexibility index (Phi) is 4.52. The third-order valence-corrected chi connectivity index (χ3v) is 3.71. The van der Waals surface area contributed by atoms with Crippen LogP contribution >= 0.6 is 0 Å². The lowest BCUT2D eigenvalue weighted by Crippen LogP contribution is -2.29. The number of benzene rings is 3. The molecule has 3 N–H and O–H groups in total. The summed E-state index contributed by atoms with van der Waals surface area (Å²) in [6, 6.07) is 16.9. The van der Waals surface area contributed by atoms with Crippen molar-refractivity contribution in [3.63, 3.8) is 0 Å². The van der Waals surface area contributed by atoms with Crippen LogP contribution in [0.25, 0.3) is 10.8 Å². The van der Waals surface area contributed by atoms with Crippen LogP contribution in [0.4, 0.5) is 11.4 Å². The van der Waals surface area contributed by atoms with Crippen LogP contribution in [0.2, 0.25) is 0 Å². The van der Waals surface area contributed by atoms with Gasteiger partial charge in [-0.05, 0) is 24.3 Å². The number of anilines is 2. The van der Waals surface area contributed by atoms with E-state index in [1.165, 1.54) is 7.11 Å². The van der Waals surface area contributed by atoms with Gasteiger partial charge < -0.3 is 20.5 Å². The fraction of sp³-hybridized carbons (Fsp3) is 0.0526. The van der Waals surface area contributed by atoms with Crippen molar-refractivity contribution < 1.29 is 19.4 Å². The van der Waals surface area contributed by atoms with Crippen LogP contribution in [-0.4, -0.2) is 24.0 Å². The molecule has 0 aliphatic carbocycles. The van der Waals surface area contributed by atoms with Crippen LogP contribution in [-0.2, 0) is 9.59 Å². The van der Waals surface area contributed by atoms with Crippen molar-refractivity contribution in [2.75, 3.05) is 17.7 Å². The number of phenols is 1. The number of hydrogen-bond donors (Lipinski definition) is 3. The molecule has 3 rings (SSSR count). The molecule has 0 radical (unpaired) electrons. The Morgan fingerprint density at radius 3 is 2.16 bits per heavy atom. The van der Waals surface area contributed by atoms with Gasteiger partial charge in [-0.2, -0.15) is 0 Å². The van der Waals surface area contributed by atoms with Gasteiger partial charge in [0.25, 0.3) is 0 Å². The maximum absolute atomic E-state index is 12.2. The van der Waals surface area contributed by atoms with E-state index in [2.05, 4.69) is 10.6 Å². The molecule has 6 nitrogen and oxygen atoms in total. The molecule has 3 aromatic rings. The van der Waals surface area contributed by atoms with Gasteiger partial charge in [-0.15, -0.1) is 0 Å². The van der Waals surface area contributed by atoms with Crippen molar-refractivity contribution in [3.8, 4) is 11.5 Å². The predicted molar refractivity (Wildman–Crippen MR) is 95.9 cm³/mol. The van der Waals surface area contributed by atoms with Crippen LogP contribution in [0.1, 0.15) is 0 Å². The number of fused-ring (bicyclic) bond motifs is 1. The van der Waals surface area contributed by atoms with E-state index in [-0.39, 0.29) is 5.75 Å². The minimum Gasteiger partial charge on any atom is -0.507 e. The molecule has 0 aromatic heterocycles. The van der Waals surface area contributed by atoms with E-state index < -0.39 is 11.8 Å². The molecule has 0 unspecified atom stereocenters. The molecule has 6 heteroatoms. The van der Waals surface area contributed by atoms with Crippen LogP contribution in [0.15, 0.2) is 60.7 Å². The van der Waals surface area contributed by atoms with Gasteiger partial charge in [0.05, 0.1) is 12.8 Å². The summed E-state index contributed by atoms with van der Waals surface area (Å²) >= 11 is 0. The van der Waals surface area contributed by atoms with Crippen molar-refractivity contribution in [2.24, 2.45) is 0 Å². The number of para-hydroxylation sites is 2. The zero-order valence-corrected chi connectivity index (χ0v) is 13.4. The maximum Gasteiger partial charge on any atom is 0.314 e. The largest absolute Gasteiger partial charge is 0.507 e. The molecule has 126 valence electrons. The number of hydrogen-bond acceptors (Lipinski definition) is 4. The number of carbonyl (C=O) groups is 2. The number of rotatable bonds is 3. The molecule has 25 heavy (non-hydrogen) atoms.